The highest BCUT2D eigenvalue weighted by molar-refractivity contribution is 6.36. The van der Waals surface area contributed by atoms with Crippen molar-refractivity contribution in [3.63, 3.8) is 0 Å². The standard InChI is InChI=1S/C25H16Cl2F3NO2/c26-22-12-15(25(28,29)30)13-23(27)20(22)10-5-11-31-24(32)33-14-21-18-8-3-1-6-16(18)17-7-2-4-9-19(17)21/h1-4,6-9,12-13,21H,11,14H2,(H,31,32). The zero-order valence-corrected chi connectivity index (χ0v) is 18.5. The summed E-state index contributed by atoms with van der Waals surface area (Å²) in [5.74, 6) is 5.14. The molecule has 0 saturated heterocycles. The molecule has 0 saturated carbocycles. The average molecular weight is 490 g/mol. The second-order valence-corrected chi connectivity index (χ2v) is 8.11. The predicted molar refractivity (Wildman–Crippen MR) is 121 cm³/mol. The summed E-state index contributed by atoms with van der Waals surface area (Å²) in [6.07, 6.45) is -5.22. The van der Waals surface area contributed by atoms with Crippen LogP contribution in [0.3, 0.4) is 0 Å². The van der Waals surface area contributed by atoms with Crippen molar-refractivity contribution in [3.8, 4) is 23.0 Å². The van der Waals surface area contributed by atoms with Gasteiger partial charge in [-0.05, 0) is 34.4 Å². The summed E-state index contributed by atoms with van der Waals surface area (Å²) in [4.78, 5) is 12.1. The molecule has 33 heavy (non-hydrogen) atoms. The van der Waals surface area contributed by atoms with Crippen molar-refractivity contribution >= 4 is 29.3 Å². The van der Waals surface area contributed by atoms with Gasteiger partial charge in [-0.2, -0.15) is 13.2 Å². The number of hydrogen-bond donors (Lipinski definition) is 1. The van der Waals surface area contributed by atoms with Gasteiger partial charge in [0.2, 0.25) is 0 Å². The molecule has 0 heterocycles. The van der Waals surface area contributed by atoms with Gasteiger partial charge in [0.15, 0.2) is 0 Å². The number of alkyl halides is 3. The summed E-state index contributed by atoms with van der Waals surface area (Å²) in [6, 6.07) is 17.5. The Hall–Kier alpha value is -3.14. The van der Waals surface area contributed by atoms with E-state index >= 15 is 0 Å². The zero-order valence-electron chi connectivity index (χ0n) is 17.0. The molecular formula is C25H16Cl2F3NO2. The van der Waals surface area contributed by atoms with Gasteiger partial charge in [-0.3, -0.25) is 0 Å². The van der Waals surface area contributed by atoms with Crippen LogP contribution in [0.25, 0.3) is 11.1 Å². The van der Waals surface area contributed by atoms with E-state index in [1.165, 1.54) is 0 Å². The number of benzene rings is 3. The molecule has 1 aliphatic carbocycles. The third-order valence-corrected chi connectivity index (χ3v) is 5.84. The Morgan fingerprint density at radius 2 is 1.52 bits per heavy atom. The summed E-state index contributed by atoms with van der Waals surface area (Å²) in [6.45, 7) is 0.0637. The van der Waals surface area contributed by atoms with E-state index in [4.69, 9.17) is 27.9 Å². The first-order valence-electron chi connectivity index (χ1n) is 9.89. The molecule has 0 radical (unpaired) electrons. The maximum atomic E-state index is 12.8. The Morgan fingerprint density at radius 3 is 2.06 bits per heavy atom. The van der Waals surface area contributed by atoms with Crippen LogP contribution in [0.2, 0.25) is 10.0 Å². The van der Waals surface area contributed by atoms with Gasteiger partial charge in [0.25, 0.3) is 0 Å². The third-order valence-electron chi connectivity index (χ3n) is 5.25. The molecule has 0 unspecified atom stereocenters. The number of amides is 1. The molecule has 3 nitrogen and oxygen atoms in total. The lowest BCUT2D eigenvalue weighted by Crippen LogP contribution is -2.26. The van der Waals surface area contributed by atoms with Crippen LogP contribution in [-0.2, 0) is 10.9 Å². The van der Waals surface area contributed by atoms with E-state index in [-0.39, 0.29) is 34.7 Å². The molecule has 0 bridgehead atoms. The Kier molecular flexibility index (Phi) is 6.55. The molecule has 3 aromatic carbocycles. The van der Waals surface area contributed by atoms with Gasteiger partial charge in [0, 0.05) is 5.92 Å². The lowest BCUT2D eigenvalue weighted by atomic mass is 9.98. The largest absolute Gasteiger partial charge is 0.449 e. The molecule has 0 fully saturated rings. The first kappa shape index (κ1) is 23.0. The minimum Gasteiger partial charge on any atom is -0.449 e. The number of alkyl carbamates (subject to hydrolysis) is 1. The Bertz CT molecular complexity index is 1210. The maximum absolute atomic E-state index is 12.8. The minimum atomic E-state index is -4.56. The summed E-state index contributed by atoms with van der Waals surface area (Å²) >= 11 is 11.8. The number of nitrogens with one attached hydrogen (secondary N) is 1. The van der Waals surface area contributed by atoms with Crippen LogP contribution >= 0.6 is 23.2 Å². The van der Waals surface area contributed by atoms with Crippen molar-refractivity contribution in [1.29, 1.82) is 0 Å². The van der Waals surface area contributed by atoms with E-state index < -0.39 is 17.8 Å². The molecule has 1 amide bonds. The molecule has 0 aromatic heterocycles. The smallest absolute Gasteiger partial charge is 0.416 e. The van der Waals surface area contributed by atoms with Gasteiger partial charge in [0.05, 0.1) is 27.7 Å². The van der Waals surface area contributed by atoms with Crippen molar-refractivity contribution < 1.29 is 22.7 Å². The molecule has 0 atom stereocenters. The third kappa shape index (κ3) is 4.95. The van der Waals surface area contributed by atoms with E-state index in [0.717, 1.165) is 34.4 Å². The van der Waals surface area contributed by atoms with Crippen molar-refractivity contribution in [2.45, 2.75) is 12.1 Å². The molecule has 0 spiro atoms. The maximum Gasteiger partial charge on any atom is 0.416 e. The number of ether oxygens (including phenoxy) is 1. The van der Waals surface area contributed by atoms with E-state index in [1.54, 1.807) is 0 Å². The number of carbonyl (C=O) groups is 1. The molecule has 1 N–H and O–H groups in total. The van der Waals surface area contributed by atoms with Crippen molar-refractivity contribution in [2.75, 3.05) is 13.2 Å². The van der Waals surface area contributed by atoms with Crippen LogP contribution in [0.4, 0.5) is 18.0 Å². The monoisotopic (exact) mass is 489 g/mol. The van der Waals surface area contributed by atoms with Gasteiger partial charge >= 0.3 is 12.3 Å². The highest BCUT2D eigenvalue weighted by atomic mass is 35.5. The van der Waals surface area contributed by atoms with Crippen molar-refractivity contribution in [2.24, 2.45) is 0 Å². The topological polar surface area (TPSA) is 38.3 Å². The van der Waals surface area contributed by atoms with Crippen LogP contribution in [0.15, 0.2) is 60.7 Å². The fourth-order valence-electron chi connectivity index (χ4n) is 3.75. The molecule has 1 aliphatic rings. The fourth-order valence-corrected chi connectivity index (χ4v) is 4.34. The lowest BCUT2D eigenvalue weighted by molar-refractivity contribution is -0.137. The highest BCUT2D eigenvalue weighted by Crippen LogP contribution is 2.44. The molecule has 0 aliphatic heterocycles. The van der Waals surface area contributed by atoms with Gasteiger partial charge in [-0.25, -0.2) is 4.79 Å². The first-order valence-corrected chi connectivity index (χ1v) is 10.6. The van der Waals surface area contributed by atoms with Gasteiger partial charge in [0.1, 0.15) is 6.61 Å². The van der Waals surface area contributed by atoms with E-state index in [0.29, 0.717) is 0 Å². The lowest BCUT2D eigenvalue weighted by Gasteiger charge is -2.14. The Labute approximate surface area is 198 Å². The van der Waals surface area contributed by atoms with Gasteiger partial charge in [-0.15, -0.1) is 0 Å². The Morgan fingerprint density at radius 1 is 0.970 bits per heavy atom. The first-order chi connectivity index (χ1) is 15.8. The summed E-state index contributed by atoms with van der Waals surface area (Å²) < 4.78 is 43.8. The number of fused-ring (bicyclic) bond motifs is 3. The summed E-state index contributed by atoms with van der Waals surface area (Å²) in [5.41, 5.74) is 3.53. The zero-order chi connectivity index (χ0) is 23.6. The average Bonchev–Trinajstić information content (AvgIpc) is 3.09. The van der Waals surface area contributed by atoms with Crippen LogP contribution < -0.4 is 5.32 Å². The molecule has 168 valence electrons. The molecule has 3 aromatic rings. The van der Waals surface area contributed by atoms with Crippen LogP contribution in [-0.4, -0.2) is 19.2 Å². The highest BCUT2D eigenvalue weighted by Gasteiger charge is 2.32. The van der Waals surface area contributed by atoms with E-state index in [1.807, 2.05) is 48.5 Å². The van der Waals surface area contributed by atoms with Crippen LogP contribution in [0.1, 0.15) is 28.2 Å². The summed E-state index contributed by atoms with van der Waals surface area (Å²) in [7, 11) is 0. The van der Waals surface area contributed by atoms with Crippen molar-refractivity contribution in [1.82, 2.24) is 5.32 Å². The normalized spacial score (nSPS) is 12.4. The van der Waals surface area contributed by atoms with Crippen LogP contribution in [0.5, 0.6) is 0 Å². The minimum absolute atomic E-state index is 0.0562. The quantitative estimate of drug-likeness (QED) is 0.406. The van der Waals surface area contributed by atoms with Crippen molar-refractivity contribution in [3.05, 3.63) is 93.0 Å². The fraction of sp³-hybridized carbons (Fsp3) is 0.160. The number of carbonyl (C=O) groups excluding carboxylic acids is 1. The van der Waals surface area contributed by atoms with Gasteiger partial charge < -0.3 is 10.1 Å². The summed E-state index contributed by atoms with van der Waals surface area (Å²) in [5, 5.41) is 2.06. The molecular weight excluding hydrogens is 474 g/mol. The van der Waals surface area contributed by atoms with E-state index in [2.05, 4.69) is 17.2 Å². The second kappa shape index (κ2) is 9.38. The molecule has 4 rings (SSSR count). The number of rotatable bonds is 3. The molecule has 8 heteroatoms. The number of halogens is 5. The Balaban J connectivity index is 1.36. The van der Waals surface area contributed by atoms with Gasteiger partial charge in [-0.1, -0.05) is 83.6 Å². The SMILES string of the molecule is O=C(NCC#Cc1c(Cl)cc(C(F)(F)F)cc1Cl)OCC1c2ccccc2-c2ccccc21. The second-order valence-electron chi connectivity index (χ2n) is 7.29. The van der Waals surface area contributed by atoms with Crippen LogP contribution in [0, 0.1) is 11.8 Å². The predicted octanol–water partition coefficient (Wildman–Crippen LogP) is 6.90. The van der Waals surface area contributed by atoms with E-state index in [9.17, 15) is 18.0 Å². The number of hydrogen-bond acceptors (Lipinski definition) is 2.